The van der Waals surface area contributed by atoms with E-state index in [0.717, 1.165) is 5.56 Å². The Morgan fingerprint density at radius 3 is 2.38 bits per heavy atom. The number of oxime groups is 1. The summed E-state index contributed by atoms with van der Waals surface area (Å²) in [5, 5.41) is 15.6. The van der Waals surface area contributed by atoms with Crippen LogP contribution >= 0.6 is 11.6 Å². The van der Waals surface area contributed by atoms with Gasteiger partial charge in [-0.25, -0.2) is 9.59 Å². The molecule has 1 amide bonds. The molecule has 1 aromatic rings. The molecule has 2 unspecified atom stereocenters. The van der Waals surface area contributed by atoms with Gasteiger partial charge >= 0.3 is 12.1 Å². The van der Waals surface area contributed by atoms with Crippen LogP contribution in [0.4, 0.5) is 4.79 Å². The van der Waals surface area contributed by atoms with E-state index in [1.807, 2.05) is 0 Å². The van der Waals surface area contributed by atoms with Crippen molar-refractivity contribution in [2.24, 2.45) is 10.9 Å². The SMILES string of the molecule is CC(O/N=C(\N)C(Cc1ccc(Cl)cc1)NC(=O)OC(C)(C)C)C(=O)O. The zero-order valence-corrected chi connectivity index (χ0v) is 15.9. The molecule has 0 aliphatic rings. The van der Waals surface area contributed by atoms with E-state index in [1.165, 1.54) is 6.92 Å². The summed E-state index contributed by atoms with van der Waals surface area (Å²) in [5.74, 6) is -1.27. The van der Waals surface area contributed by atoms with E-state index in [1.54, 1.807) is 45.0 Å². The summed E-state index contributed by atoms with van der Waals surface area (Å²) < 4.78 is 5.22. The first-order chi connectivity index (χ1) is 12.0. The van der Waals surface area contributed by atoms with Crippen LogP contribution in [-0.2, 0) is 20.8 Å². The third-order valence-electron chi connectivity index (χ3n) is 3.07. The van der Waals surface area contributed by atoms with Crippen molar-refractivity contribution in [2.45, 2.75) is 51.9 Å². The third kappa shape index (κ3) is 8.06. The lowest BCUT2D eigenvalue weighted by atomic mass is 10.1. The minimum absolute atomic E-state index is 0.0843. The Morgan fingerprint density at radius 1 is 1.31 bits per heavy atom. The maximum absolute atomic E-state index is 12.1. The van der Waals surface area contributed by atoms with Crippen LogP contribution < -0.4 is 11.1 Å². The number of carboxylic acid groups (broad SMARTS) is 1. The number of nitrogens with zero attached hydrogens (tertiary/aromatic N) is 1. The summed E-state index contributed by atoms with van der Waals surface area (Å²) in [6.45, 7) is 6.51. The molecule has 4 N–H and O–H groups in total. The lowest BCUT2D eigenvalue weighted by Gasteiger charge is -2.23. The van der Waals surface area contributed by atoms with Gasteiger partial charge in [-0.3, -0.25) is 0 Å². The number of benzene rings is 1. The second kappa shape index (κ2) is 9.28. The van der Waals surface area contributed by atoms with E-state index in [2.05, 4.69) is 10.5 Å². The quantitative estimate of drug-likeness (QED) is 0.376. The van der Waals surface area contributed by atoms with Crippen molar-refractivity contribution in [2.75, 3.05) is 0 Å². The number of aliphatic carboxylic acids is 1. The van der Waals surface area contributed by atoms with E-state index < -0.39 is 29.8 Å². The first-order valence-corrected chi connectivity index (χ1v) is 8.31. The fourth-order valence-electron chi connectivity index (χ4n) is 1.78. The number of hydrogen-bond acceptors (Lipinski definition) is 5. The van der Waals surface area contributed by atoms with Crippen molar-refractivity contribution in [1.29, 1.82) is 0 Å². The van der Waals surface area contributed by atoms with Crippen molar-refractivity contribution < 1.29 is 24.3 Å². The Labute approximate surface area is 157 Å². The maximum atomic E-state index is 12.1. The first kappa shape index (κ1) is 21.6. The zero-order chi connectivity index (χ0) is 19.9. The highest BCUT2D eigenvalue weighted by atomic mass is 35.5. The van der Waals surface area contributed by atoms with Gasteiger partial charge in [-0.15, -0.1) is 0 Å². The van der Waals surface area contributed by atoms with E-state index >= 15 is 0 Å². The Morgan fingerprint density at radius 2 is 1.88 bits per heavy atom. The van der Waals surface area contributed by atoms with Crippen molar-refractivity contribution in [1.82, 2.24) is 5.32 Å². The number of carbonyl (C=O) groups excluding carboxylic acids is 1. The largest absolute Gasteiger partial charge is 0.478 e. The monoisotopic (exact) mass is 385 g/mol. The first-order valence-electron chi connectivity index (χ1n) is 7.94. The molecule has 0 fully saturated rings. The van der Waals surface area contributed by atoms with Gasteiger partial charge in [-0.2, -0.15) is 0 Å². The highest BCUT2D eigenvalue weighted by Crippen LogP contribution is 2.12. The van der Waals surface area contributed by atoms with Gasteiger partial charge in [0.05, 0.1) is 6.04 Å². The molecular weight excluding hydrogens is 362 g/mol. The van der Waals surface area contributed by atoms with Gasteiger partial charge in [0.25, 0.3) is 0 Å². The third-order valence-corrected chi connectivity index (χ3v) is 3.32. The summed E-state index contributed by atoms with van der Waals surface area (Å²) in [6, 6.07) is 6.21. The van der Waals surface area contributed by atoms with Crippen molar-refractivity contribution >= 4 is 29.5 Å². The fraction of sp³-hybridized carbons (Fsp3) is 0.471. The molecule has 2 atom stereocenters. The van der Waals surface area contributed by atoms with E-state index in [4.69, 9.17) is 32.0 Å². The molecule has 144 valence electrons. The van der Waals surface area contributed by atoms with Crippen LogP contribution in [0.3, 0.4) is 0 Å². The van der Waals surface area contributed by atoms with Crippen molar-refractivity contribution in [3.8, 4) is 0 Å². The molecule has 0 heterocycles. The topological polar surface area (TPSA) is 123 Å². The number of carboxylic acids is 1. The minimum Gasteiger partial charge on any atom is -0.478 e. The summed E-state index contributed by atoms with van der Waals surface area (Å²) in [6.07, 6.45) is -1.57. The van der Waals surface area contributed by atoms with Gasteiger partial charge in [0.15, 0.2) is 5.84 Å². The number of halogens is 1. The Balaban J connectivity index is 2.92. The van der Waals surface area contributed by atoms with Crippen molar-refractivity contribution in [3.05, 3.63) is 34.9 Å². The number of carbonyl (C=O) groups is 2. The average Bonchev–Trinajstić information content (AvgIpc) is 2.51. The molecule has 1 rings (SSSR count). The Kier molecular flexibility index (Phi) is 7.70. The number of alkyl carbamates (subject to hydrolysis) is 1. The molecular formula is C17H24ClN3O5. The summed E-state index contributed by atoms with van der Waals surface area (Å²) in [4.78, 5) is 27.7. The smallest absolute Gasteiger partial charge is 0.408 e. The summed E-state index contributed by atoms with van der Waals surface area (Å²) in [7, 11) is 0. The van der Waals surface area contributed by atoms with Gasteiger partial charge in [0.1, 0.15) is 5.60 Å². The number of amidine groups is 1. The minimum atomic E-state index is -1.18. The predicted octanol–water partition coefficient (Wildman–Crippen LogP) is 2.54. The van der Waals surface area contributed by atoms with Crippen LogP contribution in [-0.4, -0.2) is 40.8 Å². The molecule has 0 saturated heterocycles. The molecule has 0 spiro atoms. The fourth-order valence-corrected chi connectivity index (χ4v) is 1.91. The average molecular weight is 386 g/mol. The lowest BCUT2D eigenvalue weighted by Crippen LogP contribution is -2.48. The van der Waals surface area contributed by atoms with E-state index in [9.17, 15) is 9.59 Å². The van der Waals surface area contributed by atoms with Gasteiger partial charge in [0.2, 0.25) is 6.10 Å². The number of amides is 1. The molecule has 0 aliphatic heterocycles. The van der Waals surface area contributed by atoms with Gasteiger partial charge in [-0.05, 0) is 45.4 Å². The number of nitrogens with two attached hydrogens (primary N) is 1. The van der Waals surface area contributed by atoms with Crippen LogP contribution in [0.25, 0.3) is 0 Å². The predicted molar refractivity (Wildman–Crippen MR) is 98.1 cm³/mol. The molecule has 8 nitrogen and oxygen atoms in total. The molecule has 0 radical (unpaired) electrons. The van der Waals surface area contributed by atoms with Gasteiger partial charge in [-0.1, -0.05) is 28.9 Å². The van der Waals surface area contributed by atoms with Gasteiger partial charge in [0, 0.05) is 11.4 Å². The van der Waals surface area contributed by atoms with E-state index in [-0.39, 0.29) is 12.3 Å². The maximum Gasteiger partial charge on any atom is 0.408 e. The van der Waals surface area contributed by atoms with Crippen LogP contribution in [0.2, 0.25) is 5.02 Å². The summed E-state index contributed by atoms with van der Waals surface area (Å²) >= 11 is 5.87. The van der Waals surface area contributed by atoms with Crippen LogP contribution in [0.1, 0.15) is 33.3 Å². The second-order valence-corrected chi connectivity index (χ2v) is 7.07. The zero-order valence-electron chi connectivity index (χ0n) is 15.2. The Bertz CT molecular complexity index is 655. The number of hydrogen-bond donors (Lipinski definition) is 3. The van der Waals surface area contributed by atoms with Crippen LogP contribution in [0.15, 0.2) is 29.4 Å². The Hall–Kier alpha value is -2.48. The molecule has 1 aromatic carbocycles. The molecule has 0 saturated carbocycles. The lowest BCUT2D eigenvalue weighted by molar-refractivity contribution is -0.149. The standard InChI is InChI=1S/C17H24ClN3O5/c1-10(15(22)23)26-21-14(19)13(20-16(24)25-17(2,3)4)9-11-5-7-12(18)8-6-11/h5-8,10,13H,9H2,1-4H3,(H2,19,21)(H,20,24)(H,22,23). The number of ether oxygens (including phenoxy) is 1. The highest BCUT2D eigenvalue weighted by Gasteiger charge is 2.23. The van der Waals surface area contributed by atoms with E-state index in [0.29, 0.717) is 5.02 Å². The van der Waals surface area contributed by atoms with Crippen molar-refractivity contribution in [3.63, 3.8) is 0 Å². The normalized spacial score (nSPS) is 14.3. The second-order valence-electron chi connectivity index (χ2n) is 6.63. The molecule has 0 bridgehead atoms. The number of rotatable bonds is 7. The van der Waals surface area contributed by atoms with Gasteiger partial charge < -0.3 is 25.7 Å². The van der Waals surface area contributed by atoms with Crippen LogP contribution in [0, 0.1) is 0 Å². The summed E-state index contributed by atoms with van der Waals surface area (Å²) in [5.41, 5.74) is 6.04. The molecule has 0 aliphatic carbocycles. The van der Waals surface area contributed by atoms with Crippen LogP contribution in [0.5, 0.6) is 0 Å². The molecule has 9 heteroatoms. The highest BCUT2D eigenvalue weighted by molar-refractivity contribution is 6.30. The number of nitrogens with one attached hydrogen (secondary N) is 1. The molecule has 26 heavy (non-hydrogen) atoms. The molecule has 0 aromatic heterocycles.